The van der Waals surface area contributed by atoms with Gasteiger partial charge in [-0.05, 0) is 48.8 Å². The molecule has 1 N–H and O–H groups in total. The number of benzene rings is 1. The molecule has 1 amide bonds. The molecule has 4 nitrogen and oxygen atoms in total. The number of anilines is 1. The van der Waals surface area contributed by atoms with E-state index in [2.05, 4.69) is 24.1 Å². The van der Waals surface area contributed by atoms with E-state index in [1.54, 1.807) is 12.3 Å². The average Bonchev–Trinajstić information content (AvgIpc) is 2.60. The number of nitrogens with one attached hydrogen (secondary N) is 1. The molecule has 0 aliphatic heterocycles. The highest BCUT2D eigenvalue weighted by molar-refractivity contribution is 6.02. The zero-order valence-electron chi connectivity index (χ0n) is 15.3. The Balaban J connectivity index is 1.60. The summed E-state index contributed by atoms with van der Waals surface area (Å²) in [7, 11) is 0. The lowest BCUT2D eigenvalue weighted by Gasteiger charge is -2.51. The molecule has 26 heavy (non-hydrogen) atoms. The van der Waals surface area contributed by atoms with Gasteiger partial charge in [-0.1, -0.05) is 37.6 Å². The first-order chi connectivity index (χ1) is 12.5. The van der Waals surface area contributed by atoms with Crippen molar-refractivity contribution in [1.82, 2.24) is 4.98 Å². The van der Waals surface area contributed by atoms with Crippen molar-refractivity contribution in [2.45, 2.75) is 39.5 Å². The first-order valence-corrected chi connectivity index (χ1v) is 9.34. The molecule has 2 aliphatic rings. The third-order valence-corrected chi connectivity index (χ3v) is 5.87. The van der Waals surface area contributed by atoms with Crippen LogP contribution in [0, 0.1) is 17.3 Å². The van der Waals surface area contributed by atoms with Crippen molar-refractivity contribution in [1.29, 1.82) is 0 Å². The number of nitrogens with zero attached hydrogens (tertiary/aromatic N) is 1. The molecular formula is C22H24N2O2. The van der Waals surface area contributed by atoms with Gasteiger partial charge in [0.05, 0.1) is 11.2 Å². The fourth-order valence-corrected chi connectivity index (χ4v) is 4.60. The van der Waals surface area contributed by atoms with E-state index in [1.807, 2.05) is 30.3 Å². The summed E-state index contributed by atoms with van der Waals surface area (Å²) in [6.45, 7) is 4.28. The normalized spacial score (nSPS) is 24.7. The van der Waals surface area contributed by atoms with Crippen molar-refractivity contribution in [2.75, 3.05) is 5.32 Å². The summed E-state index contributed by atoms with van der Waals surface area (Å²) in [5.41, 5.74) is 2.66. The van der Waals surface area contributed by atoms with E-state index in [0.29, 0.717) is 6.42 Å². The van der Waals surface area contributed by atoms with E-state index in [0.717, 1.165) is 41.4 Å². The predicted octanol–water partition coefficient (Wildman–Crippen LogP) is 4.52. The van der Waals surface area contributed by atoms with Gasteiger partial charge in [0.1, 0.15) is 0 Å². The molecule has 4 heteroatoms. The molecule has 2 aliphatic carbocycles. The summed E-state index contributed by atoms with van der Waals surface area (Å²) in [5, 5.41) is 4.12. The minimum atomic E-state index is -0.112. The average molecular weight is 348 g/mol. The molecule has 0 bridgehead atoms. The van der Waals surface area contributed by atoms with Gasteiger partial charge < -0.3 is 5.32 Å². The maximum Gasteiger partial charge on any atom is 0.228 e. The Morgan fingerprint density at radius 2 is 2.00 bits per heavy atom. The number of fused-ring (bicyclic) bond motifs is 1. The Hall–Kier alpha value is -2.49. The first kappa shape index (κ1) is 17.0. The number of para-hydroxylation sites is 1. The zero-order valence-corrected chi connectivity index (χ0v) is 15.3. The summed E-state index contributed by atoms with van der Waals surface area (Å²) in [4.78, 5) is 29.4. The maximum atomic E-state index is 13.1. The summed E-state index contributed by atoms with van der Waals surface area (Å²) in [5.74, 6) is 0.299. The fraction of sp³-hybridized carbons (Fsp3) is 0.409. The molecule has 4 rings (SSSR count). The van der Waals surface area contributed by atoms with Gasteiger partial charge >= 0.3 is 0 Å². The lowest BCUT2D eigenvalue weighted by Crippen LogP contribution is -2.51. The standard InChI is InChI=1S/C22H24N2O2/c1-22(2)13-17(15-7-3-9-16(25)12-15)19(22)21(26)24-18-10-4-6-14-8-5-11-23-20(14)18/h4-6,8,10-12,17,19H,3,7,9,13H2,1-2H3,(H,24,26)/t17-,19+/m0/s1. The number of hydrogen-bond acceptors (Lipinski definition) is 3. The Kier molecular flexibility index (Phi) is 4.14. The number of amides is 1. The predicted molar refractivity (Wildman–Crippen MR) is 103 cm³/mol. The minimum Gasteiger partial charge on any atom is -0.324 e. The van der Waals surface area contributed by atoms with Crippen molar-refractivity contribution in [3.8, 4) is 0 Å². The Morgan fingerprint density at radius 3 is 2.77 bits per heavy atom. The zero-order chi connectivity index (χ0) is 18.3. The number of carbonyl (C=O) groups excluding carboxylic acids is 2. The number of aromatic nitrogens is 1. The van der Waals surface area contributed by atoms with Gasteiger partial charge in [0.2, 0.25) is 5.91 Å². The highest BCUT2D eigenvalue weighted by Gasteiger charge is 2.52. The summed E-state index contributed by atoms with van der Waals surface area (Å²) >= 11 is 0. The van der Waals surface area contributed by atoms with Crippen LogP contribution in [0.25, 0.3) is 10.9 Å². The van der Waals surface area contributed by atoms with Crippen molar-refractivity contribution < 1.29 is 9.59 Å². The van der Waals surface area contributed by atoms with E-state index in [4.69, 9.17) is 0 Å². The highest BCUT2D eigenvalue weighted by atomic mass is 16.2. The van der Waals surface area contributed by atoms with Crippen molar-refractivity contribution >= 4 is 28.3 Å². The van der Waals surface area contributed by atoms with E-state index < -0.39 is 0 Å². The lowest BCUT2D eigenvalue weighted by atomic mass is 9.52. The van der Waals surface area contributed by atoms with Crippen molar-refractivity contribution in [3.63, 3.8) is 0 Å². The van der Waals surface area contributed by atoms with Gasteiger partial charge in [0.15, 0.2) is 5.78 Å². The first-order valence-electron chi connectivity index (χ1n) is 9.34. The molecule has 1 fully saturated rings. The molecule has 1 saturated carbocycles. The van der Waals surface area contributed by atoms with E-state index in [9.17, 15) is 9.59 Å². The van der Waals surface area contributed by atoms with Crippen molar-refractivity contribution in [3.05, 3.63) is 48.2 Å². The van der Waals surface area contributed by atoms with Gasteiger partial charge in [0, 0.05) is 23.9 Å². The number of carbonyl (C=O) groups is 2. The number of rotatable bonds is 3. The van der Waals surface area contributed by atoms with Gasteiger partial charge in [-0.2, -0.15) is 0 Å². The summed E-state index contributed by atoms with van der Waals surface area (Å²) in [6, 6.07) is 9.72. The smallest absolute Gasteiger partial charge is 0.228 e. The second-order valence-electron chi connectivity index (χ2n) is 8.19. The number of ketones is 1. The largest absolute Gasteiger partial charge is 0.324 e. The molecule has 2 aromatic rings. The summed E-state index contributed by atoms with van der Waals surface area (Å²) in [6.07, 6.45) is 6.97. The highest BCUT2D eigenvalue weighted by Crippen LogP contribution is 2.55. The van der Waals surface area contributed by atoms with Crippen LogP contribution in [0.15, 0.2) is 48.2 Å². The van der Waals surface area contributed by atoms with Crippen LogP contribution in [-0.4, -0.2) is 16.7 Å². The fourth-order valence-electron chi connectivity index (χ4n) is 4.60. The van der Waals surface area contributed by atoms with Gasteiger partial charge in [-0.25, -0.2) is 0 Å². The van der Waals surface area contributed by atoms with Crippen LogP contribution in [0.2, 0.25) is 0 Å². The van der Waals surface area contributed by atoms with Crippen LogP contribution in [0.5, 0.6) is 0 Å². The molecule has 0 spiro atoms. The molecule has 2 atom stereocenters. The molecule has 0 saturated heterocycles. The number of pyridine rings is 1. The molecule has 0 unspecified atom stereocenters. The van der Waals surface area contributed by atoms with Crippen LogP contribution < -0.4 is 5.32 Å². The number of allylic oxidation sites excluding steroid dienone is 2. The van der Waals surface area contributed by atoms with E-state index >= 15 is 0 Å². The van der Waals surface area contributed by atoms with Crippen LogP contribution in [-0.2, 0) is 9.59 Å². The molecule has 134 valence electrons. The molecule has 1 aromatic carbocycles. The van der Waals surface area contributed by atoms with Gasteiger partial charge in [-0.15, -0.1) is 0 Å². The molecule has 1 heterocycles. The van der Waals surface area contributed by atoms with E-state index in [-0.39, 0.29) is 28.9 Å². The third-order valence-electron chi connectivity index (χ3n) is 5.87. The Bertz CT molecular complexity index is 908. The quantitative estimate of drug-likeness (QED) is 0.887. The maximum absolute atomic E-state index is 13.1. The summed E-state index contributed by atoms with van der Waals surface area (Å²) < 4.78 is 0. The van der Waals surface area contributed by atoms with Crippen LogP contribution >= 0.6 is 0 Å². The van der Waals surface area contributed by atoms with Crippen LogP contribution in [0.4, 0.5) is 5.69 Å². The van der Waals surface area contributed by atoms with E-state index in [1.165, 1.54) is 0 Å². The van der Waals surface area contributed by atoms with Crippen LogP contribution in [0.1, 0.15) is 39.5 Å². The molecular weight excluding hydrogens is 324 g/mol. The Morgan fingerprint density at radius 1 is 1.19 bits per heavy atom. The number of hydrogen-bond donors (Lipinski definition) is 1. The second kappa shape index (κ2) is 6.35. The lowest BCUT2D eigenvalue weighted by molar-refractivity contribution is -0.133. The topological polar surface area (TPSA) is 59.1 Å². The van der Waals surface area contributed by atoms with Gasteiger partial charge in [0.25, 0.3) is 0 Å². The Labute approximate surface area is 153 Å². The molecule has 0 radical (unpaired) electrons. The SMILES string of the molecule is CC1(C)C[C@@H](C2=CC(=O)CCC2)[C@@H]1C(=O)Nc1cccc2cccnc12. The monoisotopic (exact) mass is 348 g/mol. The minimum absolute atomic E-state index is 0.0309. The van der Waals surface area contributed by atoms with Gasteiger partial charge in [-0.3, -0.25) is 14.6 Å². The third kappa shape index (κ3) is 2.94. The molecule has 1 aromatic heterocycles. The van der Waals surface area contributed by atoms with Crippen LogP contribution in [0.3, 0.4) is 0 Å². The second-order valence-corrected chi connectivity index (χ2v) is 8.19. The van der Waals surface area contributed by atoms with Crippen molar-refractivity contribution in [2.24, 2.45) is 17.3 Å².